The molecule has 0 unspecified atom stereocenters. The number of carbonyl (C=O) groups excluding carboxylic acids is 1. The number of hydrogen-bond donors (Lipinski definition) is 1. The van der Waals surface area contributed by atoms with Crippen molar-refractivity contribution in [2.45, 2.75) is 19.4 Å². The van der Waals surface area contributed by atoms with Crippen LogP contribution >= 0.6 is 0 Å². The first-order valence-electron chi connectivity index (χ1n) is 8.36. The molecule has 0 saturated carbocycles. The van der Waals surface area contributed by atoms with E-state index in [9.17, 15) is 4.79 Å². The molecule has 7 heteroatoms. The maximum absolute atomic E-state index is 12.3. The fourth-order valence-corrected chi connectivity index (χ4v) is 2.88. The van der Waals surface area contributed by atoms with E-state index >= 15 is 0 Å². The van der Waals surface area contributed by atoms with Gasteiger partial charge in [0, 0.05) is 19.3 Å². The predicted molar refractivity (Wildman–Crippen MR) is 94.2 cm³/mol. The molecule has 0 bridgehead atoms. The molecule has 7 nitrogen and oxygen atoms in total. The van der Waals surface area contributed by atoms with Crippen LogP contribution in [0.4, 0.5) is 5.95 Å². The molecule has 1 amide bonds. The van der Waals surface area contributed by atoms with Gasteiger partial charge in [-0.3, -0.25) is 9.78 Å². The summed E-state index contributed by atoms with van der Waals surface area (Å²) in [6.07, 6.45) is 5.57. The Labute approximate surface area is 145 Å². The van der Waals surface area contributed by atoms with E-state index in [2.05, 4.69) is 30.2 Å². The number of hydrogen-bond acceptors (Lipinski definition) is 6. The van der Waals surface area contributed by atoms with Crippen molar-refractivity contribution < 1.29 is 4.79 Å². The van der Waals surface area contributed by atoms with Crippen molar-refractivity contribution >= 4 is 22.9 Å². The number of nitrogens with one attached hydrogen (secondary N) is 1. The third kappa shape index (κ3) is 3.40. The van der Waals surface area contributed by atoms with Crippen LogP contribution in [-0.4, -0.2) is 38.9 Å². The van der Waals surface area contributed by atoms with Crippen LogP contribution in [0.2, 0.25) is 0 Å². The van der Waals surface area contributed by atoms with Crippen molar-refractivity contribution in [3.05, 3.63) is 54.1 Å². The zero-order valence-electron chi connectivity index (χ0n) is 13.7. The number of nitrogens with zero attached hydrogens (tertiary/aromatic N) is 5. The Morgan fingerprint density at radius 3 is 2.68 bits per heavy atom. The van der Waals surface area contributed by atoms with E-state index in [4.69, 9.17) is 0 Å². The summed E-state index contributed by atoms with van der Waals surface area (Å²) < 4.78 is 0. The maximum atomic E-state index is 12.3. The topological polar surface area (TPSA) is 83.9 Å². The normalized spacial score (nSPS) is 14.0. The van der Waals surface area contributed by atoms with Crippen molar-refractivity contribution in [1.82, 2.24) is 25.3 Å². The zero-order valence-corrected chi connectivity index (χ0v) is 13.7. The quantitative estimate of drug-likeness (QED) is 0.785. The molecule has 2 aromatic heterocycles. The van der Waals surface area contributed by atoms with E-state index in [1.54, 1.807) is 6.20 Å². The number of carbonyl (C=O) groups is 1. The van der Waals surface area contributed by atoms with Gasteiger partial charge in [-0.15, -0.1) is 0 Å². The SMILES string of the molecule is O=C(NCc1ccnc(N2CCCC2)n1)c1cnc2ccccc2n1. The minimum absolute atomic E-state index is 0.264. The fraction of sp³-hybridized carbons (Fsp3) is 0.278. The molecule has 3 heterocycles. The van der Waals surface area contributed by atoms with Crippen LogP contribution in [-0.2, 0) is 6.54 Å². The molecular formula is C18H18N6O. The lowest BCUT2D eigenvalue weighted by Gasteiger charge is -2.15. The second kappa shape index (κ2) is 6.80. The van der Waals surface area contributed by atoms with Gasteiger partial charge in [0.05, 0.1) is 29.5 Å². The van der Waals surface area contributed by atoms with E-state index in [1.165, 1.54) is 19.0 Å². The number of rotatable bonds is 4. The molecule has 1 aromatic carbocycles. The van der Waals surface area contributed by atoms with E-state index in [1.807, 2.05) is 30.3 Å². The number of benzene rings is 1. The largest absolute Gasteiger partial charge is 0.345 e. The van der Waals surface area contributed by atoms with Gasteiger partial charge in [-0.05, 0) is 31.0 Å². The van der Waals surface area contributed by atoms with Crippen LogP contribution < -0.4 is 10.2 Å². The van der Waals surface area contributed by atoms with Gasteiger partial charge in [-0.25, -0.2) is 15.0 Å². The van der Waals surface area contributed by atoms with Crippen molar-refractivity contribution in [2.75, 3.05) is 18.0 Å². The van der Waals surface area contributed by atoms with Gasteiger partial charge in [-0.2, -0.15) is 0 Å². The summed E-state index contributed by atoms with van der Waals surface area (Å²) >= 11 is 0. The van der Waals surface area contributed by atoms with Crippen LogP contribution in [0.3, 0.4) is 0 Å². The molecule has 1 aliphatic heterocycles. The molecule has 4 rings (SSSR count). The van der Waals surface area contributed by atoms with Gasteiger partial charge < -0.3 is 10.2 Å². The van der Waals surface area contributed by atoms with Crippen LogP contribution in [0.25, 0.3) is 11.0 Å². The van der Waals surface area contributed by atoms with E-state index in [-0.39, 0.29) is 5.91 Å². The van der Waals surface area contributed by atoms with Gasteiger partial charge in [-0.1, -0.05) is 12.1 Å². The lowest BCUT2D eigenvalue weighted by atomic mass is 10.3. The number of para-hydroxylation sites is 2. The van der Waals surface area contributed by atoms with Gasteiger partial charge >= 0.3 is 0 Å². The van der Waals surface area contributed by atoms with Gasteiger partial charge in [0.1, 0.15) is 5.69 Å². The van der Waals surface area contributed by atoms with E-state index in [0.717, 1.165) is 30.2 Å². The fourth-order valence-electron chi connectivity index (χ4n) is 2.88. The zero-order chi connectivity index (χ0) is 17.1. The molecule has 126 valence electrons. The average Bonchev–Trinajstić information content (AvgIpc) is 3.21. The standard InChI is InChI=1S/C18H18N6O/c25-17(16-12-20-14-5-1-2-6-15(14)23-16)21-11-13-7-8-19-18(22-13)24-9-3-4-10-24/h1-2,5-8,12H,3-4,9-11H2,(H,21,25). The first kappa shape index (κ1) is 15.4. The second-order valence-corrected chi connectivity index (χ2v) is 5.97. The molecular weight excluding hydrogens is 316 g/mol. The molecule has 1 saturated heterocycles. The highest BCUT2D eigenvalue weighted by Gasteiger charge is 2.15. The predicted octanol–water partition coefficient (Wildman–Crippen LogP) is 1.95. The summed E-state index contributed by atoms with van der Waals surface area (Å²) in [6.45, 7) is 2.31. The highest BCUT2D eigenvalue weighted by atomic mass is 16.1. The summed E-state index contributed by atoms with van der Waals surface area (Å²) in [7, 11) is 0. The van der Waals surface area contributed by atoms with Crippen molar-refractivity contribution in [3.63, 3.8) is 0 Å². The Bertz CT molecular complexity index is 907. The van der Waals surface area contributed by atoms with Gasteiger partial charge in [0.2, 0.25) is 5.95 Å². The molecule has 0 atom stereocenters. The Kier molecular flexibility index (Phi) is 4.20. The smallest absolute Gasteiger partial charge is 0.271 e. The van der Waals surface area contributed by atoms with Crippen LogP contribution in [0, 0.1) is 0 Å². The molecule has 3 aromatic rings. The number of anilines is 1. The molecule has 1 aliphatic rings. The number of amides is 1. The van der Waals surface area contributed by atoms with Gasteiger partial charge in [0.15, 0.2) is 0 Å². The first-order valence-corrected chi connectivity index (χ1v) is 8.36. The average molecular weight is 334 g/mol. The second-order valence-electron chi connectivity index (χ2n) is 5.97. The van der Waals surface area contributed by atoms with E-state index < -0.39 is 0 Å². The summed E-state index contributed by atoms with van der Waals surface area (Å²) in [5, 5.41) is 2.85. The minimum atomic E-state index is -0.264. The van der Waals surface area contributed by atoms with Crippen molar-refractivity contribution in [1.29, 1.82) is 0 Å². The third-order valence-electron chi connectivity index (χ3n) is 4.20. The Hall–Kier alpha value is -3.09. The Morgan fingerprint density at radius 2 is 1.84 bits per heavy atom. The van der Waals surface area contributed by atoms with Crippen molar-refractivity contribution in [3.8, 4) is 0 Å². The first-order chi connectivity index (χ1) is 12.3. The van der Waals surface area contributed by atoms with Crippen LogP contribution in [0.5, 0.6) is 0 Å². The Morgan fingerprint density at radius 1 is 1.04 bits per heavy atom. The summed E-state index contributed by atoms with van der Waals surface area (Å²) in [5.41, 5.74) is 2.55. The highest BCUT2D eigenvalue weighted by Crippen LogP contribution is 2.15. The lowest BCUT2D eigenvalue weighted by Crippen LogP contribution is -2.25. The van der Waals surface area contributed by atoms with Crippen LogP contribution in [0.1, 0.15) is 29.0 Å². The molecule has 1 fully saturated rings. The molecule has 1 N–H and O–H groups in total. The minimum Gasteiger partial charge on any atom is -0.345 e. The summed E-state index contributed by atoms with van der Waals surface area (Å²) in [5.74, 6) is 0.467. The van der Waals surface area contributed by atoms with Crippen LogP contribution in [0.15, 0.2) is 42.7 Å². The molecule has 0 radical (unpaired) electrons. The number of fused-ring (bicyclic) bond motifs is 1. The maximum Gasteiger partial charge on any atom is 0.271 e. The van der Waals surface area contributed by atoms with E-state index in [0.29, 0.717) is 17.8 Å². The monoisotopic (exact) mass is 334 g/mol. The number of aromatic nitrogens is 4. The third-order valence-corrected chi connectivity index (χ3v) is 4.20. The summed E-state index contributed by atoms with van der Waals surface area (Å²) in [4.78, 5) is 32.0. The molecule has 25 heavy (non-hydrogen) atoms. The van der Waals surface area contributed by atoms with Gasteiger partial charge in [0.25, 0.3) is 5.91 Å². The Balaban J connectivity index is 1.45. The van der Waals surface area contributed by atoms with Crippen molar-refractivity contribution in [2.24, 2.45) is 0 Å². The molecule has 0 spiro atoms. The lowest BCUT2D eigenvalue weighted by molar-refractivity contribution is 0.0945. The highest BCUT2D eigenvalue weighted by molar-refractivity contribution is 5.93. The summed E-state index contributed by atoms with van der Waals surface area (Å²) in [6, 6.07) is 9.28. The molecule has 0 aliphatic carbocycles.